The van der Waals surface area contributed by atoms with Gasteiger partial charge in [0.15, 0.2) is 0 Å². The number of carboxylic acid groups (broad SMARTS) is 1. The van der Waals surface area contributed by atoms with E-state index in [2.05, 4.69) is 20.8 Å². The van der Waals surface area contributed by atoms with Gasteiger partial charge >= 0.3 is 5.97 Å². The molecule has 0 spiro atoms. The Morgan fingerprint density at radius 3 is 1.36 bits per heavy atom. The molecule has 0 aliphatic heterocycles. The summed E-state index contributed by atoms with van der Waals surface area (Å²) in [5.74, 6) is -0.211. The first kappa shape index (κ1) is 27.2. The van der Waals surface area contributed by atoms with E-state index in [4.69, 9.17) is 0 Å². The number of unbranched alkanes of at least 4 members (excludes halogenated alkanes) is 15. The molecule has 0 aromatic heterocycles. The molecule has 0 unspecified atom stereocenters. The molecule has 2 nitrogen and oxygen atoms in total. The lowest BCUT2D eigenvalue weighted by Crippen LogP contribution is -2.04. The average Bonchev–Trinajstić information content (AvgIpc) is 2.65. The Kier molecular flexibility index (Phi) is 19.0. The van der Waals surface area contributed by atoms with Crippen molar-refractivity contribution in [3.8, 4) is 0 Å². The van der Waals surface area contributed by atoms with Crippen LogP contribution in [0.25, 0.3) is 0 Å². The number of carbonyl (C=O) groups is 1. The first-order chi connectivity index (χ1) is 13.5. The number of hydrogen-bond acceptors (Lipinski definition) is 1. The summed E-state index contributed by atoms with van der Waals surface area (Å²) in [7, 11) is 0. The lowest BCUT2D eigenvalue weighted by molar-refractivity contribution is -0.132. The Bertz CT molecular complexity index is 395. The summed E-state index contributed by atoms with van der Waals surface area (Å²) in [5.41, 5.74) is 1.74. The molecule has 28 heavy (non-hydrogen) atoms. The normalized spacial score (nSPS) is 12.5. The summed E-state index contributed by atoms with van der Waals surface area (Å²) in [4.78, 5) is 11.2. The van der Waals surface area contributed by atoms with Crippen LogP contribution in [0.1, 0.15) is 143 Å². The molecule has 0 heterocycles. The largest absolute Gasteiger partial charge is 0.478 e. The zero-order chi connectivity index (χ0) is 21.0. The van der Waals surface area contributed by atoms with Gasteiger partial charge in [0, 0.05) is 5.57 Å². The van der Waals surface area contributed by atoms with Crippen molar-refractivity contribution in [2.75, 3.05) is 0 Å². The smallest absolute Gasteiger partial charge is 0.331 e. The van der Waals surface area contributed by atoms with Crippen molar-refractivity contribution in [1.29, 1.82) is 0 Å². The Morgan fingerprint density at radius 2 is 1.04 bits per heavy atom. The van der Waals surface area contributed by atoms with Crippen molar-refractivity contribution in [2.24, 2.45) is 5.92 Å². The fraction of sp³-hybridized carbons (Fsp3) is 0.885. The summed E-state index contributed by atoms with van der Waals surface area (Å²) in [6, 6.07) is 0. The summed E-state index contributed by atoms with van der Waals surface area (Å²) in [6.45, 7) is 8.39. The maximum Gasteiger partial charge on any atom is 0.331 e. The minimum absolute atomic E-state index is 0.533. The highest BCUT2D eigenvalue weighted by Crippen LogP contribution is 2.22. The Balaban J connectivity index is 3.49. The van der Waals surface area contributed by atoms with Gasteiger partial charge in [0.05, 0.1) is 0 Å². The third kappa shape index (κ3) is 17.3. The minimum atomic E-state index is -0.743. The van der Waals surface area contributed by atoms with Crippen molar-refractivity contribution < 1.29 is 9.90 Å². The molecule has 0 aromatic rings. The standard InChI is InChI=1S/C26H50O2/c1-5-6-7-8-9-10-11-12-13-14-15-16-17-18-19-20-21-25(22-23(2)3)24(4)26(27)28/h23H,5-22H2,1-4H3,(H,27,28)/b25-24+. The number of aliphatic carboxylic acids is 1. The summed E-state index contributed by atoms with van der Waals surface area (Å²) < 4.78 is 0. The van der Waals surface area contributed by atoms with E-state index in [1.807, 2.05) is 0 Å². The second kappa shape index (κ2) is 19.5. The molecular weight excluding hydrogens is 344 g/mol. The van der Waals surface area contributed by atoms with Gasteiger partial charge in [0.25, 0.3) is 0 Å². The van der Waals surface area contributed by atoms with Crippen LogP contribution < -0.4 is 0 Å². The molecule has 0 saturated heterocycles. The van der Waals surface area contributed by atoms with Gasteiger partial charge in [-0.15, -0.1) is 0 Å². The van der Waals surface area contributed by atoms with Crippen LogP contribution in [0.5, 0.6) is 0 Å². The molecule has 0 radical (unpaired) electrons. The maximum atomic E-state index is 11.2. The van der Waals surface area contributed by atoms with E-state index < -0.39 is 5.97 Å². The average molecular weight is 395 g/mol. The molecule has 1 N–H and O–H groups in total. The third-order valence-electron chi connectivity index (χ3n) is 5.84. The number of rotatable bonds is 20. The molecule has 0 atom stereocenters. The van der Waals surface area contributed by atoms with E-state index in [9.17, 15) is 9.90 Å². The van der Waals surface area contributed by atoms with Crippen LogP contribution in [0.2, 0.25) is 0 Å². The van der Waals surface area contributed by atoms with Gasteiger partial charge in [-0.05, 0) is 32.1 Å². The predicted molar refractivity (Wildman–Crippen MR) is 124 cm³/mol. The zero-order valence-electron chi connectivity index (χ0n) is 19.7. The van der Waals surface area contributed by atoms with Gasteiger partial charge in [0.2, 0.25) is 0 Å². The van der Waals surface area contributed by atoms with Crippen molar-refractivity contribution in [2.45, 2.75) is 143 Å². The number of hydrogen-bond donors (Lipinski definition) is 1. The highest BCUT2D eigenvalue weighted by molar-refractivity contribution is 5.86. The Hall–Kier alpha value is -0.790. The van der Waals surface area contributed by atoms with Crippen LogP contribution in [-0.2, 0) is 4.79 Å². The lowest BCUT2D eigenvalue weighted by atomic mass is 9.93. The minimum Gasteiger partial charge on any atom is -0.478 e. The van der Waals surface area contributed by atoms with Crippen molar-refractivity contribution >= 4 is 5.97 Å². The quantitative estimate of drug-likeness (QED) is 0.165. The topological polar surface area (TPSA) is 37.3 Å². The van der Waals surface area contributed by atoms with Crippen molar-refractivity contribution in [3.63, 3.8) is 0 Å². The van der Waals surface area contributed by atoms with E-state index in [-0.39, 0.29) is 0 Å². The molecule has 0 saturated carbocycles. The molecular formula is C26H50O2. The lowest BCUT2D eigenvalue weighted by Gasteiger charge is -2.12. The number of carboxylic acids is 1. The summed E-state index contributed by atoms with van der Waals surface area (Å²) in [6.07, 6.45) is 23.9. The highest BCUT2D eigenvalue weighted by Gasteiger charge is 2.10. The molecule has 0 aliphatic carbocycles. The van der Waals surface area contributed by atoms with Gasteiger partial charge in [0.1, 0.15) is 0 Å². The van der Waals surface area contributed by atoms with Crippen LogP contribution in [0, 0.1) is 5.92 Å². The fourth-order valence-electron chi connectivity index (χ4n) is 3.97. The molecule has 0 bridgehead atoms. The van der Waals surface area contributed by atoms with Crippen LogP contribution in [0.4, 0.5) is 0 Å². The molecule has 0 aromatic carbocycles. The van der Waals surface area contributed by atoms with Crippen molar-refractivity contribution in [1.82, 2.24) is 0 Å². The first-order valence-electron chi connectivity index (χ1n) is 12.4. The second-order valence-electron chi connectivity index (χ2n) is 9.18. The Labute approximate surface area is 176 Å². The predicted octanol–water partition coefficient (Wildman–Crippen LogP) is 9.09. The molecule has 0 rings (SSSR count). The molecule has 0 amide bonds. The van der Waals surface area contributed by atoms with Gasteiger partial charge in [-0.2, -0.15) is 0 Å². The van der Waals surface area contributed by atoms with Crippen LogP contribution in [0.15, 0.2) is 11.1 Å². The third-order valence-corrected chi connectivity index (χ3v) is 5.84. The fourth-order valence-corrected chi connectivity index (χ4v) is 3.97. The monoisotopic (exact) mass is 394 g/mol. The summed E-state index contributed by atoms with van der Waals surface area (Å²) in [5, 5.41) is 9.24. The van der Waals surface area contributed by atoms with Crippen LogP contribution >= 0.6 is 0 Å². The van der Waals surface area contributed by atoms with Gasteiger partial charge in [-0.3, -0.25) is 0 Å². The molecule has 166 valence electrons. The maximum absolute atomic E-state index is 11.2. The molecule has 2 heteroatoms. The van der Waals surface area contributed by atoms with E-state index in [1.165, 1.54) is 96.3 Å². The van der Waals surface area contributed by atoms with E-state index in [0.717, 1.165) is 24.8 Å². The number of allylic oxidation sites excluding steroid dienone is 1. The Morgan fingerprint density at radius 1 is 0.679 bits per heavy atom. The zero-order valence-corrected chi connectivity index (χ0v) is 19.7. The van der Waals surface area contributed by atoms with Gasteiger partial charge in [-0.25, -0.2) is 4.79 Å². The molecule has 0 aliphatic rings. The van der Waals surface area contributed by atoms with E-state index in [0.29, 0.717) is 11.5 Å². The second-order valence-corrected chi connectivity index (χ2v) is 9.18. The van der Waals surface area contributed by atoms with Crippen LogP contribution in [-0.4, -0.2) is 11.1 Å². The van der Waals surface area contributed by atoms with Crippen molar-refractivity contribution in [3.05, 3.63) is 11.1 Å². The van der Waals surface area contributed by atoms with Gasteiger partial charge < -0.3 is 5.11 Å². The molecule has 0 fully saturated rings. The highest BCUT2D eigenvalue weighted by atomic mass is 16.4. The van der Waals surface area contributed by atoms with Crippen LogP contribution in [0.3, 0.4) is 0 Å². The summed E-state index contributed by atoms with van der Waals surface area (Å²) >= 11 is 0. The van der Waals surface area contributed by atoms with E-state index >= 15 is 0 Å². The first-order valence-corrected chi connectivity index (χ1v) is 12.4. The van der Waals surface area contributed by atoms with Gasteiger partial charge in [-0.1, -0.05) is 123 Å². The SMILES string of the molecule is CCCCCCCCCCCCCCCCCC/C(CC(C)C)=C(/C)C(=O)O. The van der Waals surface area contributed by atoms with E-state index in [1.54, 1.807) is 6.92 Å².